The normalized spacial score (nSPS) is 12.1. The lowest BCUT2D eigenvalue weighted by Gasteiger charge is -2.14. The molecule has 1 aromatic carbocycles. The van der Waals surface area contributed by atoms with Gasteiger partial charge in [-0.1, -0.05) is 6.07 Å². The molecule has 0 aliphatic heterocycles. The molecule has 1 aromatic heterocycles. The minimum absolute atomic E-state index is 0.377. The number of hydrogen-bond acceptors (Lipinski definition) is 4. The van der Waals surface area contributed by atoms with Gasteiger partial charge in [0, 0.05) is 17.3 Å². The molecular weight excluding hydrogens is 241 g/mol. The van der Waals surface area contributed by atoms with Crippen LogP contribution in [0.5, 0.6) is 0 Å². The predicted molar refractivity (Wildman–Crippen MR) is 64.1 cm³/mol. The van der Waals surface area contributed by atoms with Crippen molar-refractivity contribution in [3.8, 4) is 0 Å². The Kier molecular flexibility index (Phi) is 3.34. The number of thiazole rings is 1. The Labute approximate surface area is 101 Å². The van der Waals surface area contributed by atoms with Crippen LogP contribution in [0.15, 0.2) is 35.8 Å². The van der Waals surface area contributed by atoms with Gasteiger partial charge >= 0.3 is 0 Å². The molecule has 0 saturated heterocycles. The van der Waals surface area contributed by atoms with Crippen LogP contribution in [0.25, 0.3) is 0 Å². The lowest BCUT2D eigenvalue weighted by molar-refractivity contribution is -0.118. The molecule has 2 aromatic rings. The van der Waals surface area contributed by atoms with Gasteiger partial charge in [0.2, 0.25) is 5.91 Å². The summed E-state index contributed by atoms with van der Waals surface area (Å²) in [5.74, 6) is -0.929. The molecule has 1 unspecified atom stereocenters. The third kappa shape index (κ3) is 2.79. The molecule has 3 N–H and O–H groups in total. The number of anilines is 1. The zero-order valence-corrected chi connectivity index (χ0v) is 9.58. The number of nitrogens with one attached hydrogen (secondary N) is 1. The maximum atomic E-state index is 13.0. The first-order chi connectivity index (χ1) is 8.16. The van der Waals surface area contributed by atoms with Gasteiger partial charge in [0.05, 0.1) is 0 Å². The number of halogens is 1. The molecule has 4 nitrogen and oxygen atoms in total. The highest BCUT2D eigenvalue weighted by molar-refractivity contribution is 7.09. The van der Waals surface area contributed by atoms with E-state index in [4.69, 9.17) is 5.73 Å². The Balaban J connectivity index is 2.22. The van der Waals surface area contributed by atoms with Crippen molar-refractivity contribution >= 4 is 22.9 Å². The van der Waals surface area contributed by atoms with Crippen molar-refractivity contribution < 1.29 is 9.18 Å². The van der Waals surface area contributed by atoms with Crippen molar-refractivity contribution in [2.45, 2.75) is 6.04 Å². The molecule has 17 heavy (non-hydrogen) atoms. The molecule has 0 radical (unpaired) electrons. The van der Waals surface area contributed by atoms with E-state index in [1.54, 1.807) is 23.7 Å². The van der Waals surface area contributed by atoms with Crippen molar-refractivity contribution in [1.29, 1.82) is 0 Å². The second kappa shape index (κ2) is 4.92. The first kappa shape index (κ1) is 11.5. The number of nitrogens with zero attached hydrogens (tertiary/aromatic N) is 1. The van der Waals surface area contributed by atoms with Crippen LogP contribution < -0.4 is 11.1 Å². The highest BCUT2D eigenvalue weighted by Crippen LogP contribution is 2.21. The molecule has 1 heterocycles. The second-order valence-electron chi connectivity index (χ2n) is 3.36. The van der Waals surface area contributed by atoms with E-state index >= 15 is 0 Å². The maximum Gasteiger partial charge on any atom is 0.247 e. The van der Waals surface area contributed by atoms with E-state index in [-0.39, 0.29) is 5.82 Å². The van der Waals surface area contributed by atoms with Crippen LogP contribution in [0.2, 0.25) is 0 Å². The Hall–Kier alpha value is -1.95. The zero-order chi connectivity index (χ0) is 12.3. The molecule has 0 fully saturated rings. The number of hydrogen-bond donors (Lipinski definition) is 2. The maximum absolute atomic E-state index is 13.0. The summed E-state index contributed by atoms with van der Waals surface area (Å²) in [6.45, 7) is 0. The quantitative estimate of drug-likeness (QED) is 0.872. The summed E-state index contributed by atoms with van der Waals surface area (Å²) in [6, 6.07) is 5.10. The van der Waals surface area contributed by atoms with E-state index in [0.717, 1.165) is 0 Å². The molecule has 0 aliphatic rings. The number of carbonyl (C=O) groups is 1. The van der Waals surface area contributed by atoms with E-state index in [2.05, 4.69) is 10.3 Å². The molecule has 1 atom stereocenters. The fourth-order valence-corrected chi connectivity index (χ4v) is 2.07. The van der Waals surface area contributed by atoms with Gasteiger partial charge in [-0.2, -0.15) is 0 Å². The summed E-state index contributed by atoms with van der Waals surface area (Å²) in [5.41, 5.74) is 5.78. The molecule has 0 spiro atoms. The number of amides is 1. The average molecular weight is 251 g/mol. The Morgan fingerprint density at radius 2 is 2.35 bits per heavy atom. The van der Waals surface area contributed by atoms with Gasteiger partial charge in [-0.3, -0.25) is 4.79 Å². The lowest BCUT2D eigenvalue weighted by Crippen LogP contribution is -2.27. The van der Waals surface area contributed by atoms with Gasteiger partial charge in [-0.25, -0.2) is 9.37 Å². The van der Waals surface area contributed by atoms with Crippen molar-refractivity contribution in [1.82, 2.24) is 4.98 Å². The van der Waals surface area contributed by atoms with E-state index in [1.165, 1.54) is 23.5 Å². The summed E-state index contributed by atoms with van der Waals surface area (Å²) in [6.07, 6.45) is 1.59. The van der Waals surface area contributed by atoms with Crippen LogP contribution in [0.4, 0.5) is 10.1 Å². The molecule has 0 saturated carbocycles. The number of rotatable bonds is 4. The van der Waals surface area contributed by atoms with Crippen LogP contribution in [-0.4, -0.2) is 10.9 Å². The molecule has 0 bridgehead atoms. The van der Waals surface area contributed by atoms with Gasteiger partial charge in [-0.15, -0.1) is 11.3 Å². The summed E-state index contributed by atoms with van der Waals surface area (Å²) in [7, 11) is 0. The Morgan fingerprint density at radius 1 is 1.53 bits per heavy atom. The Bertz CT molecular complexity index is 515. The number of aromatic nitrogens is 1. The van der Waals surface area contributed by atoms with Gasteiger partial charge in [0.25, 0.3) is 0 Å². The van der Waals surface area contributed by atoms with Crippen LogP contribution in [-0.2, 0) is 4.79 Å². The summed E-state index contributed by atoms with van der Waals surface area (Å²) < 4.78 is 13.0. The van der Waals surface area contributed by atoms with Gasteiger partial charge in [0.15, 0.2) is 6.04 Å². The van der Waals surface area contributed by atoms with Crippen LogP contribution in [0, 0.1) is 5.82 Å². The number of benzene rings is 1. The number of primary amides is 1. The van der Waals surface area contributed by atoms with Crippen LogP contribution in [0.1, 0.15) is 11.0 Å². The summed E-state index contributed by atoms with van der Waals surface area (Å²) in [5, 5.41) is 5.16. The van der Waals surface area contributed by atoms with Crippen molar-refractivity contribution in [2.75, 3.05) is 5.32 Å². The van der Waals surface area contributed by atoms with Crippen LogP contribution in [0.3, 0.4) is 0 Å². The first-order valence-corrected chi connectivity index (χ1v) is 5.75. The van der Waals surface area contributed by atoms with Crippen molar-refractivity contribution in [3.63, 3.8) is 0 Å². The lowest BCUT2D eigenvalue weighted by atomic mass is 10.2. The molecule has 1 amide bonds. The van der Waals surface area contributed by atoms with Gasteiger partial charge in [-0.05, 0) is 18.2 Å². The fourth-order valence-electron chi connectivity index (χ4n) is 1.38. The third-order valence-corrected chi connectivity index (χ3v) is 2.96. The highest BCUT2D eigenvalue weighted by atomic mass is 32.1. The standard InChI is InChI=1S/C11H10FN3OS/c12-7-2-1-3-8(6-7)15-9(10(13)16)11-14-4-5-17-11/h1-6,9,15H,(H2,13,16). The fraction of sp³-hybridized carbons (Fsp3) is 0.0909. The number of carbonyl (C=O) groups excluding carboxylic acids is 1. The second-order valence-corrected chi connectivity index (χ2v) is 4.29. The molecular formula is C11H10FN3OS. The minimum Gasteiger partial charge on any atom is -0.368 e. The summed E-state index contributed by atoms with van der Waals surface area (Å²) >= 11 is 1.31. The summed E-state index contributed by atoms with van der Waals surface area (Å²) in [4.78, 5) is 15.3. The topological polar surface area (TPSA) is 68.0 Å². The molecule has 88 valence electrons. The van der Waals surface area contributed by atoms with E-state index < -0.39 is 11.9 Å². The molecule has 2 rings (SSSR count). The predicted octanol–water partition coefficient (Wildman–Crippen LogP) is 1.92. The van der Waals surface area contributed by atoms with E-state index in [9.17, 15) is 9.18 Å². The van der Waals surface area contributed by atoms with Gasteiger partial charge < -0.3 is 11.1 Å². The first-order valence-electron chi connectivity index (χ1n) is 4.87. The monoisotopic (exact) mass is 251 g/mol. The number of nitrogens with two attached hydrogens (primary N) is 1. The molecule has 0 aliphatic carbocycles. The average Bonchev–Trinajstić information content (AvgIpc) is 2.78. The smallest absolute Gasteiger partial charge is 0.247 e. The van der Waals surface area contributed by atoms with Crippen molar-refractivity contribution in [2.24, 2.45) is 5.73 Å². The SMILES string of the molecule is NC(=O)C(Nc1cccc(F)c1)c1nccs1. The van der Waals surface area contributed by atoms with E-state index in [1.807, 2.05) is 0 Å². The largest absolute Gasteiger partial charge is 0.368 e. The highest BCUT2D eigenvalue weighted by Gasteiger charge is 2.20. The third-order valence-electron chi connectivity index (χ3n) is 2.12. The molecule has 6 heteroatoms. The van der Waals surface area contributed by atoms with Crippen LogP contribution >= 0.6 is 11.3 Å². The van der Waals surface area contributed by atoms with E-state index in [0.29, 0.717) is 10.7 Å². The zero-order valence-electron chi connectivity index (χ0n) is 8.76. The van der Waals surface area contributed by atoms with Crippen molar-refractivity contribution in [3.05, 3.63) is 46.7 Å². The Morgan fingerprint density at radius 3 is 2.94 bits per heavy atom. The minimum atomic E-state index is -0.739. The van der Waals surface area contributed by atoms with Gasteiger partial charge in [0.1, 0.15) is 10.8 Å².